The Balaban J connectivity index is 1.28. The number of carbonyl (C=O) groups is 5. The zero-order chi connectivity index (χ0) is 43.3. The van der Waals surface area contributed by atoms with Gasteiger partial charge in [0.25, 0.3) is 0 Å². The lowest BCUT2D eigenvalue weighted by Crippen LogP contribution is -2.56. The second-order valence-corrected chi connectivity index (χ2v) is 22.5. The molecule has 332 valence electrons. The van der Waals surface area contributed by atoms with E-state index >= 15 is 4.79 Å². The van der Waals surface area contributed by atoms with Gasteiger partial charge in [-0.15, -0.1) is 6.58 Å². The summed E-state index contributed by atoms with van der Waals surface area (Å²) in [7, 11) is -4.12. The number of nitrogens with zero attached hydrogens (tertiary/aromatic N) is 3. The van der Waals surface area contributed by atoms with Gasteiger partial charge in [-0.1, -0.05) is 93.6 Å². The Morgan fingerprint density at radius 3 is 2.05 bits per heavy atom. The number of likely N-dealkylation sites (tertiary alicyclic amines) is 2. The van der Waals surface area contributed by atoms with Crippen molar-refractivity contribution < 1.29 is 32.4 Å². The molecule has 2 spiro atoms. The summed E-state index contributed by atoms with van der Waals surface area (Å²) in [5.74, 6) is -2.51. The minimum Gasteiger partial charge on any atom is -0.345 e. The predicted octanol–water partition coefficient (Wildman–Crippen LogP) is 6.20. The number of hydrogen-bond acceptors (Lipinski definition) is 8. The largest absolute Gasteiger partial charge is 0.345 e. The first-order valence-electron chi connectivity index (χ1n) is 23.1. The maximum atomic E-state index is 15.3. The number of ketones is 2. The third-order valence-corrected chi connectivity index (χ3v) is 18.6. The van der Waals surface area contributed by atoms with Gasteiger partial charge in [-0.3, -0.25) is 28.9 Å². The second kappa shape index (κ2) is 16.9. The number of nitrogens with one attached hydrogen (secondary N) is 2. The average Bonchev–Trinajstić information content (AvgIpc) is 3.90. The SMILES string of the molecule is C=C[C@@H]1C[C@]1(CC(=O)[C@@H]1C[C@@]2(CN1C(=O)[C@@H](CC(=O)C(NC(=O)[C@@H]1CCCCN1CC)C1CCCCC1)C(C)(C)C)C(C)(C)C21CCC1)C(=O)NS(=O)(=O)N(CC)CC. The molecule has 2 aliphatic heterocycles. The van der Waals surface area contributed by atoms with Crippen LogP contribution in [0.1, 0.15) is 152 Å². The second-order valence-electron chi connectivity index (χ2n) is 20.8. The fourth-order valence-corrected chi connectivity index (χ4v) is 14.0. The van der Waals surface area contributed by atoms with Crippen molar-refractivity contribution in [3.05, 3.63) is 12.7 Å². The van der Waals surface area contributed by atoms with Crippen LogP contribution in [0.2, 0.25) is 0 Å². The van der Waals surface area contributed by atoms with Crippen molar-refractivity contribution >= 4 is 39.5 Å². The van der Waals surface area contributed by atoms with Crippen molar-refractivity contribution in [2.24, 2.45) is 44.8 Å². The molecule has 0 bridgehead atoms. The first-order valence-corrected chi connectivity index (χ1v) is 24.5. The molecule has 0 aromatic rings. The van der Waals surface area contributed by atoms with Crippen molar-refractivity contribution in [3.63, 3.8) is 0 Å². The summed E-state index contributed by atoms with van der Waals surface area (Å²) in [5, 5.41) is 3.25. The highest BCUT2D eigenvalue weighted by atomic mass is 32.2. The smallest absolute Gasteiger partial charge is 0.303 e. The summed E-state index contributed by atoms with van der Waals surface area (Å²) in [4.78, 5) is 76.9. The average molecular weight is 842 g/mol. The Morgan fingerprint density at radius 2 is 1.53 bits per heavy atom. The molecular formula is C46H75N5O7S. The summed E-state index contributed by atoms with van der Waals surface area (Å²) in [6, 6.07) is -1.76. The third kappa shape index (κ3) is 8.00. The minimum absolute atomic E-state index is 0.00828. The van der Waals surface area contributed by atoms with E-state index in [1.165, 1.54) is 4.31 Å². The van der Waals surface area contributed by atoms with Crippen LogP contribution in [-0.4, -0.2) is 103 Å². The van der Waals surface area contributed by atoms with Gasteiger partial charge >= 0.3 is 10.2 Å². The fourth-order valence-electron chi connectivity index (χ4n) is 12.7. The molecule has 12 nitrogen and oxygen atoms in total. The molecule has 3 amide bonds. The lowest BCUT2D eigenvalue weighted by atomic mass is 9.73. The van der Waals surface area contributed by atoms with Crippen LogP contribution >= 0.6 is 0 Å². The number of carbonyl (C=O) groups excluding carboxylic acids is 5. The van der Waals surface area contributed by atoms with Crippen LogP contribution in [0, 0.1) is 44.8 Å². The number of amides is 3. The van der Waals surface area contributed by atoms with Crippen molar-refractivity contribution in [1.29, 1.82) is 0 Å². The zero-order valence-electron chi connectivity index (χ0n) is 37.5. The van der Waals surface area contributed by atoms with E-state index in [2.05, 4.69) is 42.3 Å². The van der Waals surface area contributed by atoms with Crippen molar-refractivity contribution in [2.45, 2.75) is 170 Å². The molecule has 2 N–H and O–H groups in total. The Morgan fingerprint density at radius 1 is 0.881 bits per heavy atom. The van der Waals surface area contributed by atoms with Crippen molar-refractivity contribution in [2.75, 3.05) is 32.7 Å². The first kappa shape index (κ1) is 45.9. The number of likely N-dealkylation sites (N-methyl/N-ethyl adjacent to an activating group) is 1. The Hall–Kier alpha value is -2.64. The Labute approximate surface area is 355 Å². The highest BCUT2D eigenvalue weighted by molar-refractivity contribution is 7.87. The van der Waals surface area contributed by atoms with Gasteiger partial charge in [0.2, 0.25) is 17.7 Å². The van der Waals surface area contributed by atoms with Gasteiger partial charge in [0.15, 0.2) is 11.6 Å². The predicted molar refractivity (Wildman–Crippen MR) is 229 cm³/mol. The summed E-state index contributed by atoms with van der Waals surface area (Å²) in [6.45, 7) is 22.3. The number of rotatable bonds is 17. The van der Waals surface area contributed by atoms with E-state index in [0.717, 1.165) is 83.7 Å². The van der Waals surface area contributed by atoms with E-state index in [-0.39, 0.29) is 83.4 Å². The van der Waals surface area contributed by atoms with Gasteiger partial charge in [0.1, 0.15) is 0 Å². The number of hydrogen-bond donors (Lipinski definition) is 2. The number of piperidine rings is 1. The van der Waals surface area contributed by atoms with Crippen LogP contribution in [-0.2, 0) is 34.2 Å². The number of allylic oxidation sites excluding steroid dienone is 1. The zero-order valence-corrected chi connectivity index (χ0v) is 38.3. The Bertz CT molecular complexity index is 1760. The standard InChI is InChI=1S/C46H75N5O7S/c1-10-32-27-44(32,41(56)48-59(57,58)50(12-3)13-4)29-37(53)35-28-46(43(8,9)45(46)23-19-24-45)30-51(35)40(55)33(42(5,6)7)26-36(52)38(31-20-15-14-16-21-31)47-39(54)34-22-17-18-25-49(34)11-2/h10,31-35,38H,1,11-30H2,2-9H3,(H,47,54)(H,48,56)/t32-,33-,34+,35+,38?,44-,46-/m1/s1. The molecule has 4 saturated carbocycles. The topological polar surface area (TPSA) is 153 Å². The van der Waals surface area contributed by atoms with Crippen molar-refractivity contribution in [1.82, 2.24) is 24.1 Å². The van der Waals surface area contributed by atoms with Crippen LogP contribution in [0.25, 0.3) is 0 Å². The fraction of sp³-hybridized carbons (Fsp3) is 0.848. The number of Topliss-reactive ketones (excluding diaryl/α,β-unsaturated/α-hetero) is 2. The lowest BCUT2D eigenvalue weighted by Gasteiger charge is -2.38. The van der Waals surface area contributed by atoms with E-state index in [4.69, 9.17) is 0 Å². The summed E-state index contributed by atoms with van der Waals surface area (Å²) >= 11 is 0. The maximum Gasteiger partial charge on any atom is 0.303 e. The molecular weight excluding hydrogens is 767 g/mol. The van der Waals surface area contributed by atoms with Gasteiger partial charge in [-0.2, -0.15) is 12.7 Å². The van der Waals surface area contributed by atoms with Crippen LogP contribution in [0.5, 0.6) is 0 Å². The van der Waals surface area contributed by atoms with Crippen LogP contribution in [0.4, 0.5) is 0 Å². The monoisotopic (exact) mass is 842 g/mol. The molecule has 6 aliphatic rings. The first-order chi connectivity index (χ1) is 27.7. The molecule has 59 heavy (non-hydrogen) atoms. The van der Waals surface area contributed by atoms with Gasteiger partial charge in [0, 0.05) is 43.8 Å². The lowest BCUT2D eigenvalue weighted by molar-refractivity contribution is -0.147. The quantitative estimate of drug-likeness (QED) is 0.164. The molecule has 0 aromatic heterocycles. The Kier molecular flexibility index (Phi) is 13.1. The number of fused-ring (bicyclic) bond motifs is 1. The van der Waals surface area contributed by atoms with Gasteiger partial charge in [-0.25, -0.2) is 4.72 Å². The molecule has 6 rings (SSSR count). The molecule has 13 heteroatoms. The molecule has 0 aromatic carbocycles. The van der Waals surface area contributed by atoms with E-state index in [1.54, 1.807) is 24.8 Å². The summed E-state index contributed by atoms with van der Waals surface area (Å²) in [6.07, 6.45) is 13.0. The van der Waals surface area contributed by atoms with Gasteiger partial charge < -0.3 is 10.2 Å². The molecule has 6 fully saturated rings. The van der Waals surface area contributed by atoms with E-state index in [9.17, 15) is 27.6 Å². The van der Waals surface area contributed by atoms with Gasteiger partial charge in [-0.05, 0) is 92.5 Å². The van der Waals surface area contributed by atoms with E-state index in [1.807, 2.05) is 20.8 Å². The maximum absolute atomic E-state index is 15.3. The molecule has 1 unspecified atom stereocenters. The van der Waals surface area contributed by atoms with Crippen molar-refractivity contribution in [3.8, 4) is 0 Å². The van der Waals surface area contributed by atoms with E-state index < -0.39 is 44.9 Å². The molecule has 2 heterocycles. The van der Waals surface area contributed by atoms with Crippen LogP contribution in [0.3, 0.4) is 0 Å². The highest BCUT2D eigenvalue weighted by Crippen LogP contribution is 2.88. The van der Waals surface area contributed by atoms with Gasteiger partial charge in [0.05, 0.1) is 23.5 Å². The normalized spacial score (nSPS) is 31.3. The molecule has 4 aliphatic carbocycles. The molecule has 7 atom stereocenters. The summed E-state index contributed by atoms with van der Waals surface area (Å²) < 4.78 is 29.8. The highest BCUT2D eigenvalue weighted by Gasteiger charge is 2.85. The van der Waals surface area contributed by atoms with E-state index in [0.29, 0.717) is 19.4 Å². The minimum atomic E-state index is -4.12. The molecule has 0 radical (unpaired) electrons. The summed E-state index contributed by atoms with van der Waals surface area (Å²) in [5.41, 5.74) is -2.26. The molecule has 2 saturated heterocycles. The van der Waals surface area contributed by atoms with Crippen LogP contribution < -0.4 is 10.0 Å². The van der Waals surface area contributed by atoms with Crippen LogP contribution in [0.15, 0.2) is 12.7 Å². The third-order valence-electron chi connectivity index (χ3n) is 16.9.